The predicted molar refractivity (Wildman–Crippen MR) is 116 cm³/mol. The monoisotopic (exact) mass is 438 g/mol. The van der Waals surface area contributed by atoms with Gasteiger partial charge in [0.05, 0.1) is 19.4 Å². The van der Waals surface area contributed by atoms with Crippen LogP contribution in [0.15, 0.2) is 30.6 Å². The summed E-state index contributed by atoms with van der Waals surface area (Å²) < 4.78 is 18.5. The molecule has 1 N–H and O–H groups in total. The number of nitrogens with zero attached hydrogens (tertiary/aromatic N) is 5. The molecular formula is C22H26N6O4. The molecule has 10 nitrogen and oxygen atoms in total. The minimum Gasteiger partial charge on any atom is -0.483 e. The molecule has 3 aromatic heterocycles. The molecule has 1 saturated heterocycles. The third kappa shape index (κ3) is 3.98. The van der Waals surface area contributed by atoms with Crippen LogP contribution in [-0.2, 0) is 15.9 Å². The SMILES string of the molecule is COCCCNC(=O)c1ccc2ncc(C3Cc4c(ccnc4N4CCOCC4)O3)n2n1. The van der Waals surface area contributed by atoms with E-state index in [0.717, 1.165) is 42.3 Å². The van der Waals surface area contributed by atoms with Crippen molar-refractivity contribution < 1.29 is 19.0 Å². The number of ether oxygens (including phenoxy) is 3. The molecule has 2 aliphatic rings. The van der Waals surface area contributed by atoms with Gasteiger partial charge in [-0.05, 0) is 24.6 Å². The number of imidazole rings is 1. The molecule has 1 amide bonds. The first-order valence-electron chi connectivity index (χ1n) is 10.8. The van der Waals surface area contributed by atoms with Crippen molar-refractivity contribution in [3.05, 3.63) is 47.5 Å². The number of amides is 1. The first-order valence-corrected chi connectivity index (χ1v) is 10.8. The molecule has 0 bridgehead atoms. The zero-order valence-corrected chi connectivity index (χ0v) is 18.0. The number of rotatable bonds is 7. The maximum Gasteiger partial charge on any atom is 0.271 e. The fraction of sp³-hybridized carbons (Fsp3) is 0.455. The van der Waals surface area contributed by atoms with Crippen molar-refractivity contribution >= 4 is 17.4 Å². The normalized spacial score (nSPS) is 17.9. The average molecular weight is 438 g/mol. The summed E-state index contributed by atoms with van der Waals surface area (Å²) >= 11 is 0. The lowest BCUT2D eigenvalue weighted by Gasteiger charge is -2.28. The third-order valence-corrected chi connectivity index (χ3v) is 5.72. The maximum absolute atomic E-state index is 12.5. The summed E-state index contributed by atoms with van der Waals surface area (Å²) in [6.07, 6.45) is 4.70. The van der Waals surface area contributed by atoms with E-state index in [0.29, 0.717) is 44.1 Å². The minimum atomic E-state index is -0.253. The Morgan fingerprint density at radius 3 is 2.97 bits per heavy atom. The summed E-state index contributed by atoms with van der Waals surface area (Å²) in [5.74, 6) is 1.55. The van der Waals surface area contributed by atoms with Gasteiger partial charge in [-0.2, -0.15) is 5.10 Å². The number of nitrogens with one attached hydrogen (secondary N) is 1. The molecule has 10 heteroatoms. The highest BCUT2D eigenvalue weighted by atomic mass is 16.5. The number of hydrogen-bond donors (Lipinski definition) is 1. The van der Waals surface area contributed by atoms with E-state index >= 15 is 0 Å². The number of aromatic nitrogens is 4. The molecule has 0 spiro atoms. The highest BCUT2D eigenvalue weighted by Crippen LogP contribution is 2.40. The molecule has 0 radical (unpaired) electrons. The van der Waals surface area contributed by atoms with E-state index in [-0.39, 0.29) is 12.0 Å². The van der Waals surface area contributed by atoms with Crippen LogP contribution >= 0.6 is 0 Å². The van der Waals surface area contributed by atoms with Gasteiger partial charge < -0.3 is 24.4 Å². The van der Waals surface area contributed by atoms with Gasteiger partial charge in [-0.25, -0.2) is 14.5 Å². The van der Waals surface area contributed by atoms with E-state index in [1.54, 1.807) is 36.2 Å². The van der Waals surface area contributed by atoms with E-state index in [1.165, 1.54) is 0 Å². The van der Waals surface area contributed by atoms with Gasteiger partial charge in [0.15, 0.2) is 5.65 Å². The number of fused-ring (bicyclic) bond motifs is 2. The smallest absolute Gasteiger partial charge is 0.271 e. The Morgan fingerprint density at radius 1 is 1.25 bits per heavy atom. The van der Waals surface area contributed by atoms with Crippen molar-refractivity contribution in [1.29, 1.82) is 0 Å². The lowest BCUT2D eigenvalue weighted by Crippen LogP contribution is -2.37. The molecule has 0 aliphatic carbocycles. The fourth-order valence-corrected chi connectivity index (χ4v) is 4.10. The quantitative estimate of drug-likeness (QED) is 0.553. The van der Waals surface area contributed by atoms with Crippen LogP contribution in [-0.4, -0.2) is 72.1 Å². The van der Waals surface area contributed by atoms with Crippen molar-refractivity contribution in [1.82, 2.24) is 24.9 Å². The Balaban J connectivity index is 1.37. The zero-order chi connectivity index (χ0) is 21.9. The summed E-state index contributed by atoms with van der Waals surface area (Å²) in [6, 6.07) is 5.38. The number of anilines is 1. The number of hydrogen-bond acceptors (Lipinski definition) is 8. The van der Waals surface area contributed by atoms with Crippen LogP contribution in [0.2, 0.25) is 0 Å². The highest BCUT2D eigenvalue weighted by molar-refractivity contribution is 5.92. The molecule has 5 rings (SSSR count). The van der Waals surface area contributed by atoms with Crippen molar-refractivity contribution in [3.63, 3.8) is 0 Å². The van der Waals surface area contributed by atoms with Gasteiger partial charge in [0.2, 0.25) is 0 Å². The Kier molecular flexibility index (Phi) is 5.87. The van der Waals surface area contributed by atoms with Gasteiger partial charge in [0, 0.05) is 51.5 Å². The standard InChI is InChI=1S/C22H26N6O4/c1-30-10-2-6-24-22(29)16-3-4-20-25-14-17(28(20)26-16)19-13-15-18(32-19)5-7-23-21(15)27-8-11-31-12-9-27/h3-5,7,14,19H,2,6,8-13H2,1H3,(H,24,29). The molecule has 0 saturated carbocycles. The summed E-state index contributed by atoms with van der Waals surface area (Å²) in [4.78, 5) is 23.8. The van der Waals surface area contributed by atoms with Crippen LogP contribution in [0.4, 0.5) is 5.82 Å². The van der Waals surface area contributed by atoms with Crippen LogP contribution in [0.25, 0.3) is 5.65 Å². The van der Waals surface area contributed by atoms with Gasteiger partial charge in [0.1, 0.15) is 29.1 Å². The molecule has 3 aromatic rings. The van der Waals surface area contributed by atoms with E-state index < -0.39 is 0 Å². The molecule has 1 fully saturated rings. The number of carbonyl (C=O) groups excluding carboxylic acids is 1. The van der Waals surface area contributed by atoms with Crippen molar-refractivity contribution in [3.8, 4) is 5.75 Å². The summed E-state index contributed by atoms with van der Waals surface area (Å²) in [5.41, 5.74) is 2.89. The second-order valence-electron chi connectivity index (χ2n) is 7.80. The summed E-state index contributed by atoms with van der Waals surface area (Å²) in [5, 5.41) is 7.41. The minimum absolute atomic E-state index is 0.225. The largest absolute Gasteiger partial charge is 0.483 e. The lowest BCUT2D eigenvalue weighted by molar-refractivity contribution is 0.0942. The topological polar surface area (TPSA) is 103 Å². The van der Waals surface area contributed by atoms with Crippen molar-refractivity contribution in [2.75, 3.05) is 51.5 Å². The number of methoxy groups -OCH3 is 1. The molecule has 1 atom stereocenters. The zero-order valence-electron chi connectivity index (χ0n) is 18.0. The van der Waals surface area contributed by atoms with Crippen LogP contribution in [0.3, 0.4) is 0 Å². The maximum atomic E-state index is 12.5. The first kappa shape index (κ1) is 20.7. The van der Waals surface area contributed by atoms with Crippen LogP contribution in [0.1, 0.15) is 34.3 Å². The van der Waals surface area contributed by atoms with Gasteiger partial charge in [0.25, 0.3) is 5.91 Å². The van der Waals surface area contributed by atoms with Gasteiger partial charge in [-0.15, -0.1) is 0 Å². The Bertz CT molecular complexity index is 1110. The highest BCUT2D eigenvalue weighted by Gasteiger charge is 2.32. The van der Waals surface area contributed by atoms with Gasteiger partial charge in [-0.1, -0.05) is 0 Å². The molecule has 168 valence electrons. The summed E-state index contributed by atoms with van der Waals surface area (Å²) in [6.45, 7) is 4.15. The second-order valence-corrected chi connectivity index (χ2v) is 7.80. The average Bonchev–Trinajstić information content (AvgIpc) is 3.45. The number of morpholine rings is 1. The van der Waals surface area contributed by atoms with Crippen molar-refractivity contribution in [2.45, 2.75) is 18.9 Å². The van der Waals surface area contributed by atoms with Crippen molar-refractivity contribution in [2.24, 2.45) is 0 Å². The molecule has 2 aliphatic heterocycles. The Labute approximate surface area is 185 Å². The van der Waals surface area contributed by atoms with E-state index in [1.807, 2.05) is 6.07 Å². The van der Waals surface area contributed by atoms with Gasteiger partial charge in [-0.3, -0.25) is 4.79 Å². The second kappa shape index (κ2) is 9.09. The van der Waals surface area contributed by atoms with E-state index in [2.05, 4.69) is 25.3 Å². The first-order chi connectivity index (χ1) is 15.7. The van der Waals surface area contributed by atoms with Crippen LogP contribution < -0.4 is 15.0 Å². The Morgan fingerprint density at radius 2 is 2.12 bits per heavy atom. The molecule has 32 heavy (non-hydrogen) atoms. The number of carbonyl (C=O) groups is 1. The number of pyridine rings is 1. The molecule has 0 aromatic carbocycles. The summed E-state index contributed by atoms with van der Waals surface area (Å²) in [7, 11) is 1.64. The third-order valence-electron chi connectivity index (χ3n) is 5.72. The Hall–Kier alpha value is -3.24. The van der Waals surface area contributed by atoms with E-state index in [4.69, 9.17) is 14.2 Å². The van der Waals surface area contributed by atoms with Crippen LogP contribution in [0, 0.1) is 0 Å². The molecular weight excluding hydrogens is 412 g/mol. The van der Waals surface area contributed by atoms with Crippen LogP contribution in [0.5, 0.6) is 5.75 Å². The molecule has 1 unspecified atom stereocenters. The predicted octanol–water partition coefficient (Wildman–Crippen LogP) is 1.40. The van der Waals surface area contributed by atoms with Gasteiger partial charge >= 0.3 is 0 Å². The molecule has 5 heterocycles. The fourth-order valence-electron chi connectivity index (χ4n) is 4.10. The lowest BCUT2D eigenvalue weighted by atomic mass is 10.1. The van der Waals surface area contributed by atoms with E-state index in [9.17, 15) is 4.79 Å².